The number of amides is 1. The highest BCUT2D eigenvalue weighted by Crippen LogP contribution is 2.38. The fourth-order valence-electron chi connectivity index (χ4n) is 3.03. The normalized spacial score (nSPS) is 20.2. The largest absolute Gasteiger partial charge is 0.462 e. The molecule has 1 aromatic rings. The van der Waals surface area contributed by atoms with Gasteiger partial charge in [-0.15, -0.1) is 5.26 Å². The number of nitrogens with zero attached hydrogens (tertiary/aromatic N) is 2. The first kappa shape index (κ1) is 18.6. The Morgan fingerprint density at radius 3 is 3.00 bits per heavy atom. The maximum Gasteiger partial charge on any atom is 0.415 e. The summed E-state index contributed by atoms with van der Waals surface area (Å²) in [6.45, 7) is 6.44. The molecule has 1 N–H and O–H groups in total. The molecule has 1 aromatic carbocycles. The maximum absolute atomic E-state index is 11.4. The van der Waals surface area contributed by atoms with E-state index in [0.29, 0.717) is 25.4 Å². The van der Waals surface area contributed by atoms with Crippen LogP contribution in [-0.2, 0) is 22.3 Å². The Morgan fingerprint density at radius 2 is 2.28 bits per heavy atom. The lowest BCUT2D eigenvalue weighted by atomic mass is 9.79. The molecule has 2 aliphatic rings. The highest BCUT2D eigenvalue weighted by atomic mass is 16.6. The zero-order valence-electron chi connectivity index (χ0n) is 14.8. The minimum absolute atomic E-state index is 0.205. The van der Waals surface area contributed by atoms with Gasteiger partial charge in [0.15, 0.2) is 0 Å². The Labute approximate surface area is 147 Å². The Hall–Kier alpha value is -2.75. The average molecular weight is 345 g/mol. The van der Waals surface area contributed by atoms with E-state index in [4.69, 9.17) is 19.5 Å². The number of alkyl carbamates (subject to hydrolysis) is 1. The average Bonchev–Trinajstić information content (AvgIpc) is 2.99. The fourth-order valence-corrected chi connectivity index (χ4v) is 3.03. The molecule has 134 valence electrons. The van der Waals surface area contributed by atoms with Crippen LogP contribution in [-0.4, -0.2) is 30.9 Å². The Morgan fingerprint density at radius 1 is 1.48 bits per heavy atom. The van der Waals surface area contributed by atoms with E-state index in [1.165, 1.54) is 0 Å². The van der Waals surface area contributed by atoms with E-state index in [1.807, 2.05) is 26.0 Å². The van der Waals surface area contributed by atoms with Crippen molar-refractivity contribution in [1.82, 2.24) is 5.32 Å². The van der Waals surface area contributed by atoms with Gasteiger partial charge in [-0.3, -0.25) is 0 Å². The van der Waals surface area contributed by atoms with Gasteiger partial charge in [0, 0.05) is 6.42 Å². The van der Waals surface area contributed by atoms with Gasteiger partial charge >= 0.3 is 6.09 Å². The van der Waals surface area contributed by atoms with Gasteiger partial charge in [-0.1, -0.05) is 26.0 Å². The van der Waals surface area contributed by atoms with E-state index in [1.54, 1.807) is 19.2 Å². The third-order valence-electron chi connectivity index (χ3n) is 4.05. The number of carbonyl (C=O) groups is 1. The summed E-state index contributed by atoms with van der Waals surface area (Å²) in [5.74, 6) is 0.604. The summed E-state index contributed by atoms with van der Waals surface area (Å²) in [6, 6.07) is 5.87. The number of hydrogen-bond donors (Lipinski definition) is 1. The zero-order valence-corrected chi connectivity index (χ0v) is 14.8. The first-order valence-corrected chi connectivity index (χ1v) is 8.49. The predicted octanol–water partition coefficient (Wildman–Crippen LogP) is 2.93. The molecule has 0 radical (unpaired) electrons. The molecule has 1 aliphatic carbocycles. The molecule has 1 heterocycles. The molecule has 0 bridgehead atoms. The second-order valence-corrected chi connectivity index (χ2v) is 5.54. The van der Waals surface area contributed by atoms with Gasteiger partial charge in [-0.25, -0.2) is 15.1 Å². The van der Waals surface area contributed by atoms with Gasteiger partial charge in [0.25, 0.3) is 12.3 Å². The van der Waals surface area contributed by atoms with Crippen LogP contribution in [0.15, 0.2) is 23.2 Å². The van der Waals surface area contributed by atoms with E-state index in [9.17, 15) is 4.79 Å². The van der Waals surface area contributed by atoms with Crippen LogP contribution >= 0.6 is 0 Å². The van der Waals surface area contributed by atoms with E-state index >= 15 is 0 Å². The Balaban J connectivity index is 0.00000109. The summed E-state index contributed by atoms with van der Waals surface area (Å²) in [6.07, 6.45) is 3.34. The number of nitriles is 1. The lowest BCUT2D eigenvalue weighted by molar-refractivity contribution is 0.154. The Bertz CT molecular complexity index is 696. The van der Waals surface area contributed by atoms with Crippen LogP contribution in [0.1, 0.15) is 38.3 Å². The second-order valence-electron chi connectivity index (χ2n) is 5.54. The number of fused-ring (bicyclic) bond motifs is 1. The van der Waals surface area contributed by atoms with Crippen LogP contribution in [0.4, 0.5) is 4.79 Å². The highest BCUT2D eigenvalue weighted by molar-refractivity contribution is 5.91. The molecule has 1 unspecified atom stereocenters. The van der Waals surface area contributed by atoms with E-state index in [-0.39, 0.29) is 11.6 Å². The molecular formula is C18H23N3O4. The quantitative estimate of drug-likeness (QED) is 0.832. The third-order valence-corrected chi connectivity index (χ3v) is 4.05. The van der Waals surface area contributed by atoms with E-state index < -0.39 is 6.09 Å². The van der Waals surface area contributed by atoms with Crippen molar-refractivity contribution in [2.75, 3.05) is 13.2 Å². The van der Waals surface area contributed by atoms with Crippen LogP contribution in [0.3, 0.4) is 0 Å². The molecule has 0 saturated heterocycles. The van der Waals surface area contributed by atoms with Crippen LogP contribution in [0.25, 0.3) is 0 Å². The van der Waals surface area contributed by atoms with Crippen molar-refractivity contribution in [3.05, 3.63) is 29.3 Å². The van der Waals surface area contributed by atoms with Gasteiger partial charge in [0.05, 0.1) is 6.61 Å². The minimum atomic E-state index is -0.566. The lowest BCUT2D eigenvalue weighted by Crippen LogP contribution is -2.35. The van der Waals surface area contributed by atoms with Crippen molar-refractivity contribution in [2.45, 2.75) is 45.6 Å². The lowest BCUT2D eigenvalue weighted by Gasteiger charge is -2.30. The third kappa shape index (κ3) is 4.21. The first-order valence-electron chi connectivity index (χ1n) is 8.49. The topological polar surface area (TPSA) is 92.9 Å². The summed E-state index contributed by atoms with van der Waals surface area (Å²) in [5, 5.41) is 11.2. The zero-order chi connectivity index (χ0) is 18.3. The molecule has 0 fully saturated rings. The molecule has 7 nitrogen and oxygen atoms in total. The number of benzene rings is 1. The molecule has 0 saturated carbocycles. The minimum Gasteiger partial charge on any atom is -0.462 e. The SMILES string of the molecule is CC.CCOC(=O)NC1=NC2(CCc3c(cccc3OC#N)C2)CO1. The van der Waals surface area contributed by atoms with Gasteiger partial charge in [0.1, 0.15) is 17.9 Å². The Kier molecular flexibility index (Phi) is 6.23. The van der Waals surface area contributed by atoms with E-state index in [0.717, 1.165) is 24.0 Å². The van der Waals surface area contributed by atoms with Crippen molar-refractivity contribution in [3.8, 4) is 12.0 Å². The summed E-state index contributed by atoms with van der Waals surface area (Å²) in [5.41, 5.74) is 1.75. The van der Waals surface area contributed by atoms with Gasteiger partial charge in [-0.2, -0.15) is 0 Å². The number of aliphatic imine (C=N–C) groups is 1. The summed E-state index contributed by atoms with van der Waals surface area (Å²) < 4.78 is 15.4. The molecule has 1 aliphatic heterocycles. The number of rotatable bonds is 2. The predicted molar refractivity (Wildman–Crippen MR) is 92.3 cm³/mol. The van der Waals surface area contributed by atoms with E-state index in [2.05, 4.69) is 10.3 Å². The molecular weight excluding hydrogens is 322 g/mol. The molecule has 0 aromatic heterocycles. The van der Waals surface area contributed by atoms with Crippen molar-refractivity contribution in [1.29, 1.82) is 5.26 Å². The van der Waals surface area contributed by atoms with Crippen molar-refractivity contribution in [2.24, 2.45) is 4.99 Å². The monoisotopic (exact) mass is 345 g/mol. The number of ether oxygens (including phenoxy) is 3. The molecule has 1 atom stereocenters. The van der Waals surface area contributed by atoms with Crippen LogP contribution < -0.4 is 10.1 Å². The van der Waals surface area contributed by atoms with Gasteiger partial charge in [-0.05, 0) is 37.0 Å². The smallest absolute Gasteiger partial charge is 0.415 e. The number of nitrogens with one attached hydrogen (secondary N) is 1. The van der Waals surface area contributed by atoms with Crippen LogP contribution in [0.5, 0.6) is 5.75 Å². The van der Waals surface area contributed by atoms with Crippen molar-refractivity contribution < 1.29 is 19.0 Å². The van der Waals surface area contributed by atoms with Gasteiger partial charge in [0.2, 0.25) is 0 Å². The number of hydrogen-bond acceptors (Lipinski definition) is 6. The molecule has 3 rings (SSSR count). The molecule has 7 heteroatoms. The number of carbonyl (C=O) groups excluding carboxylic acids is 1. The number of amidine groups is 1. The molecule has 1 spiro atoms. The van der Waals surface area contributed by atoms with Crippen LogP contribution in [0, 0.1) is 11.5 Å². The maximum atomic E-state index is 11.4. The summed E-state index contributed by atoms with van der Waals surface area (Å²) in [4.78, 5) is 16.0. The molecule has 1 amide bonds. The second kappa shape index (κ2) is 8.38. The van der Waals surface area contributed by atoms with Crippen molar-refractivity contribution >= 4 is 12.1 Å². The van der Waals surface area contributed by atoms with Gasteiger partial charge < -0.3 is 14.2 Å². The van der Waals surface area contributed by atoms with Crippen LogP contribution in [0.2, 0.25) is 0 Å². The standard InChI is InChI=1S/C16H17N3O4.C2H6/c1-2-21-15(20)18-14-19-16(9-22-14)7-6-12-11(8-16)4-3-5-13(12)23-10-17;1-2/h3-5H,2,6-9H2,1H3,(H,18,19,20);1-2H3. The molecule has 25 heavy (non-hydrogen) atoms. The van der Waals surface area contributed by atoms with Crippen molar-refractivity contribution in [3.63, 3.8) is 0 Å². The fraction of sp³-hybridized carbons (Fsp3) is 0.500. The summed E-state index contributed by atoms with van der Waals surface area (Å²) >= 11 is 0. The highest BCUT2D eigenvalue weighted by Gasteiger charge is 2.41. The first-order chi connectivity index (χ1) is 12.2. The summed E-state index contributed by atoms with van der Waals surface area (Å²) in [7, 11) is 0.